The number of aliphatic imine (C=N–C) groups is 1. The van der Waals surface area contributed by atoms with E-state index in [4.69, 9.17) is 13.9 Å². The van der Waals surface area contributed by atoms with E-state index in [-0.39, 0.29) is 12.2 Å². The van der Waals surface area contributed by atoms with E-state index in [0.29, 0.717) is 0 Å². The first-order chi connectivity index (χ1) is 10.9. The van der Waals surface area contributed by atoms with Crippen LogP contribution < -0.4 is 5.32 Å². The zero-order valence-corrected chi connectivity index (χ0v) is 13.2. The van der Waals surface area contributed by atoms with Crippen LogP contribution >= 0.6 is 0 Å². The van der Waals surface area contributed by atoms with Crippen LogP contribution in [0.3, 0.4) is 0 Å². The van der Waals surface area contributed by atoms with E-state index in [1.54, 1.807) is 6.26 Å². The van der Waals surface area contributed by atoms with Crippen molar-refractivity contribution in [3.8, 4) is 0 Å². The van der Waals surface area contributed by atoms with Crippen molar-refractivity contribution in [1.29, 1.82) is 0 Å². The number of hydrogen-bond donors (Lipinski definition) is 1. The number of rotatable bonds is 4. The lowest BCUT2D eigenvalue weighted by atomic mass is 10.1. The molecule has 0 radical (unpaired) electrons. The van der Waals surface area contributed by atoms with Gasteiger partial charge in [0.2, 0.25) is 0 Å². The first-order valence-corrected chi connectivity index (χ1v) is 8.08. The van der Waals surface area contributed by atoms with Crippen LogP contribution in [-0.2, 0) is 15.9 Å². The summed E-state index contributed by atoms with van der Waals surface area (Å²) in [7, 11) is 1.83. The van der Waals surface area contributed by atoms with Gasteiger partial charge in [0, 0.05) is 39.7 Å². The Morgan fingerprint density at radius 1 is 1.36 bits per heavy atom. The second-order valence-corrected chi connectivity index (χ2v) is 5.71. The molecule has 2 unspecified atom stereocenters. The van der Waals surface area contributed by atoms with Gasteiger partial charge in [-0.3, -0.25) is 4.99 Å². The van der Waals surface area contributed by atoms with Crippen molar-refractivity contribution in [2.24, 2.45) is 4.99 Å². The first-order valence-electron chi connectivity index (χ1n) is 8.08. The Morgan fingerprint density at radius 3 is 3.00 bits per heavy atom. The molecule has 0 bridgehead atoms. The molecule has 2 atom stereocenters. The molecular weight excluding hydrogens is 282 g/mol. The number of nitrogens with one attached hydrogen (secondary N) is 1. The standard InChI is InChI=1S/C16H25N3O3/c1-17-16(18-7-6-13-4-2-9-20-13)19-8-11-22-15(12-19)14-5-3-10-21-14/h2,4,9,14-15H,3,5-8,10-12H2,1H3,(H,17,18). The highest BCUT2D eigenvalue weighted by molar-refractivity contribution is 5.80. The third kappa shape index (κ3) is 3.81. The van der Waals surface area contributed by atoms with Gasteiger partial charge in [-0.25, -0.2) is 0 Å². The fraction of sp³-hybridized carbons (Fsp3) is 0.688. The number of ether oxygens (including phenoxy) is 2. The Bertz CT molecular complexity index is 469. The van der Waals surface area contributed by atoms with Crippen molar-refractivity contribution in [1.82, 2.24) is 10.2 Å². The zero-order valence-electron chi connectivity index (χ0n) is 13.2. The highest BCUT2D eigenvalue weighted by Crippen LogP contribution is 2.21. The summed E-state index contributed by atoms with van der Waals surface area (Å²) in [4.78, 5) is 6.66. The number of hydrogen-bond acceptors (Lipinski definition) is 4. The smallest absolute Gasteiger partial charge is 0.193 e. The van der Waals surface area contributed by atoms with Crippen molar-refractivity contribution in [2.75, 3.05) is 39.9 Å². The van der Waals surface area contributed by atoms with E-state index in [1.807, 2.05) is 19.2 Å². The molecule has 2 fully saturated rings. The summed E-state index contributed by atoms with van der Waals surface area (Å²) in [5.74, 6) is 1.92. The van der Waals surface area contributed by atoms with Crippen LogP contribution in [-0.4, -0.2) is 63.0 Å². The Hall–Kier alpha value is -1.53. The SMILES string of the molecule is CN=C(NCCc1ccco1)N1CCOC(C2CCCO2)C1. The van der Waals surface area contributed by atoms with Gasteiger partial charge < -0.3 is 24.1 Å². The molecule has 0 aromatic carbocycles. The van der Waals surface area contributed by atoms with Crippen LogP contribution in [0.4, 0.5) is 0 Å². The van der Waals surface area contributed by atoms with Crippen molar-refractivity contribution in [3.63, 3.8) is 0 Å². The van der Waals surface area contributed by atoms with Crippen LogP contribution in [0.5, 0.6) is 0 Å². The Balaban J connectivity index is 1.49. The van der Waals surface area contributed by atoms with Crippen LogP contribution in [0.2, 0.25) is 0 Å². The van der Waals surface area contributed by atoms with E-state index in [2.05, 4.69) is 15.2 Å². The van der Waals surface area contributed by atoms with Crippen LogP contribution in [0.1, 0.15) is 18.6 Å². The molecule has 22 heavy (non-hydrogen) atoms. The molecule has 0 amide bonds. The summed E-state index contributed by atoms with van der Waals surface area (Å²) in [6, 6.07) is 3.91. The van der Waals surface area contributed by atoms with Gasteiger partial charge in [-0.1, -0.05) is 0 Å². The molecular formula is C16H25N3O3. The number of morpholine rings is 1. The molecule has 2 saturated heterocycles. The van der Waals surface area contributed by atoms with Crippen molar-refractivity contribution in [2.45, 2.75) is 31.5 Å². The molecule has 2 aliphatic heterocycles. The Kier molecular flexibility index (Phi) is 5.34. The molecule has 6 heteroatoms. The average molecular weight is 307 g/mol. The quantitative estimate of drug-likeness (QED) is 0.671. The fourth-order valence-electron chi connectivity index (χ4n) is 3.07. The second kappa shape index (κ2) is 7.65. The lowest BCUT2D eigenvalue weighted by molar-refractivity contribution is -0.0816. The van der Waals surface area contributed by atoms with Gasteiger partial charge in [-0.15, -0.1) is 0 Å². The lowest BCUT2D eigenvalue weighted by Crippen LogP contribution is -2.53. The topological polar surface area (TPSA) is 59.2 Å². The van der Waals surface area contributed by atoms with Gasteiger partial charge in [0.05, 0.1) is 19.0 Å². The largest absolute Gasteiger partial charge is 0.469 e. The van der Waals surface area contributed by atoms with E-state index < -0.39 is 0 Å². The molecule has 1 aromatic rings. The second-order valence-electron chi connectivity index (χ2n) is 5.71. The number of guanidine groups is 1. The molecule has 1 aromatic heterocycles. The molecule has 3 rings (SSSR count). The molecule has 0 aliphatic carbocycles. The summed E-state index contributed by atoms with van der Waals surface area (Å²) in [5.41, 5.74) is 0. The van der Waals surface area contributed by atoms with Gasteiger partial charge in [-0.05, 0) is 25.0 Å². The summed E-state index contributed by atoms with van der Waals surface area (Å²) in [5, 5.41) is 3.41. The van der Waals surface area contributed by atoms with Crippen molar-refractivity contribution >= 4 is 5.96 Å². The minimum atomic E-state index is 0.153. The molecule has 122 valence electrons. The van der Waals surface area contributed by atoms with E-state index >= 15 is 0 Å². The van der Waals surface area contributed by atoms with Gasteiger partial charge in [0.25, 0.3) is 0 Å². The summed E-state index contributed by atoms with van der Waals surface area (Å²) >= 11 is 0. The van der Waals surface area contributed by atoms with Gasteiger partial charge >= 0.3 is 0 Å². The maximum Gasteiger partial charge on any atom is 0.193 e. The first kappa shape index (κ1) is 15.4. The lowest BCUT2D eigenvalue weighted by Gasteiger charge is -2.37. The van der Waals surface area contributed by atoms with E-state index in [0.717, 1.165) is 63.8 Å². The number of nitrogens with zero attached hydrogens (tertiary/aromatic N) is 2. The highest BCUT2D eigenvalue weighted by atomic mass is 16.5. The fourth-order valence-corrected chi connectivity index (χ4v) is 3.07. The van der Waals surface area contributed by atoms with E-state index in [1.165, 1.54) is 0 Å². The minimum absolute atomic E-state index is 0.153. The Morgan fingerprint density at radius 2 is 2.27 bits per heavy atom. The predicted molar refractivity (Wildman–Crippen MR) is 84.1 cm³/mol. The third-order valence-electron chi connectivity index (χ3n) is 4.22. The third-order valence-corrected chi connectivity index (χ3v) is 4.22. The maximum atomic E-state index is 5.89. The monoisotopic (exact) mass is 307 g/mol. The predicted octanol–water partition coefficient (Wildman–Crippen LogP) is 1.28. The van der Waals surface area contributed by atoms with Gasteiger partial charge in [0.1, 0.15) is 11.9 Å². The molecule has 1 N–H and O–H groups in total. The van der Waals surface area contributed by atoms with Crippen LogP contribution in [0, 0.1) is 0 Å². The molecule has 0 spiro atoms. The Labute approximate surface area is 131 Å². The normalized spacial score (nSPS) is 26.4. The van der Waals surface area contributed by atoms with E-state index in [9.17, 15) is 0 Å². The highest BCUT2D eigenvalue weighted by Gasteiger charge is 2.32. The van der Waals surface area contributed by atoms with Crippen LogP contribution in [0.15, 0.2) is 27.8 Å². The zero-order chi connectivity index (χ0) is 15.2. The molecule has 6 nitrogen and oxygen atoms in total. The van der Waals surface area contributed by atoms with Crippen molar-refractivity contribution < 1.29 is 13.9 Å². The average Bonchev–Trinajstić information content (AvgIpc) is 3.25. The summed E-state index contributed by atoms with van der Waals surface area (Å²) in [6.07, 6.45) is 5.19. The van der Waals surface area contributed by atoms with Gasteiger partial charge in [0.15, 0.2) is 5.96 Å². The number of furan rings is 1. The molecule has 3 heterocycles. The minimum Gasteiger partial charge on any atom is -0.469 e. The van der Waals surface area contributed by atoms with Crippen molar-refractivity contribution in [3.05, 3.63) is 24.2 Å². The van der Waals surface area contributed by atoms with Gasteiger partial charge in [-0.2, -0.15) is 0 Å². The summed E-state index contributed by atoms with van der Waals surface area (Å²) in [6.45, 7) is 4.10. The molecule has 2 aliphatic rings. The summed E-state index contributed by atoms with van der Waals surface area (Å²) < 4.78 is 17.0. The van der Waals surface area contributed by atoms with Crippen LogP contribution in [0.25, 0.3) is 0 Å². The molecule has 0 saturated carbocycles. The maximum absolute atomic E-state index is 5.89.